The Morgan fingerprint density at radius 3 is 2.76 bits per heavy atom. The summed E-state index contributed by atoms with van der Waals surface area (Å²) in [6.45, 7) is 6.27. The Morgan fingerprint density at radius 1 is 1.33 bits per heavy atom. The number of aromatic nitrogens is 1. The Kier molecular flexibility index (Phi) is 6.93. The number of phenolic OH excluding ortho intramolecular Hbond substituents is 1. The molecule has 0 spiro atoms. The number of nitrogens with one attached hydrogen (secondary N) is 2. The van der Waals surface area contributed by atoms with Crippen molar-refractivity contribution in [1.29, 1.82) is 0 Å². The number of amides is 1. The van der Waals surface area contributed by atoms with Gasteiger partial charge in [0.05, 0.1) is 23.9 Å². The lowest BCUT2D eigenvalue weighted by molar-refractivity contribution is 0.186. The fourth-order valence-corrected chi connectivity index (χ4v) is 4.61. The summed E-state index contributed by atoms with van der Waals surface area (Å²) in [7, 11) is 0. The van der Waals surface area contributed by atoms with Gasteiger partial charge >= 0.3 is 6.09 Å². The normalized spacial score (nSPS) is 19.3. The number of nitrogen functional groups attached to an aromatic ring is 1. The van der Waals surface area contributed by atoms with Crippen LogP contribution < -0.4 is 21.1 Å². The SMILES string of the molecule is CC(C)C(NC(=O)O)c1c(C2CCCNC2)cc(-c2c(O)cccc2OCC2CC2)nc1N. The fraction of sp³-hybridized carbons (Fsp3) is 0.520. The van der Waals surface area contributed by atoms with Gasteiger partial charge in [0.25, 0.3) is 0 Å². The molecule has 1 amide bonds. The van der Waals surface area contributed by atoms with Crippen LogP contribution in [0.3, 0.4) is 0 Å². The second-order valence-corrected chi connectivity index (χ2v) is 9.51. The van der Waals surface area contributed by atoms with Gasteiger partial charge in [0.2, 0.25) is 0 Å². The summed E-state index contributed by atoms with van der Waals surface area (Å²) >= 11 is 0. The zero-order valence-corrected chi connectivity index (χ0v) is 19.3. The van der Waals surface area contributed by atoms with Crippen molar-refractivity contribution in [3.8, 4) is 22.8 Å². The Hall–Kier alpha value is -3.00. The second kappa shape index (κ2) is 9.87. The van der Waals surface area contributed by atoms with Crippen molar-refractivity contribution in [1.82, 2.24) is 15.6 Å². The van der Waals surface area contributed by atoms with E-state index in [0.717, 1.165) is 37.1 Å². The van der Waals surface area contributed by atoms with Gasteiger partial charge in [-0.05, 0) is 73.7 Å². The molecule has 0 bridgehead atoms. The average Bonchev–Trinajstić information content (AvgIpc) is 3.61. The van der Waals surface area contributed by atoms with Crippen molar-refractivity contribution in [2.24, 2.45) is 11.8 Å². The van der Waals surface area contributed by atoms with Crippen LogP contribution in [0.1, 0.15) is 62.6 Å². The van der Waals surface area contributed by atoms with E-state index in [4.69, 9.17) is 10.5 Å². The molecule has 2 unspecified atom stereocenters. The molecule has 2 atom stereocenters. The average molecular weight is 455 g/mol. The zero-order chi connectivity index (χ0) is 23.5. The third-order valence-corrected chi connectivity index (χ3v) is 6.55. The maximum Gasteiger partial charge on any atom is 0.405 e. The highest BCUT2D eigenvalue weighted by Crippen LogP contribution is 2.43. The summed E-state index contributed by atoms with van der Waals surface area (Å²) in [6, 6.07) is 6.69. The first-order valence-electron chi connectivity index (χ1n) is 11.8. The summed E-state index contributed by atoms with van der Waals surface area (Å²) < 4.78 is 6.05. The molecule has 178 valence electrons. The van der Waals surface area contributed by atoms with Gasteiger partial charge in [-0.1, -0.05) is 19.9 Å². The third kappa shape index (κ3) is 5.33. The number of pyridine rings is 1. The van der Waals surface area contributed by atoms with E-state index in [2.05, 4.69) is 15.6 Å². The molecule has 1 saturated heterocycles. The van der Waals surface area contributed by atoms with Gasteiger partial charge in [-0.25, -0.2) is 9.78 Å². The van der Waals surface area contributed by atoms with Crippen LogP contribution in [-0.2, 0) is 0 Å². The number of rotatable bonds is 8. The lowest BCUT2D eigenvalue weighted by Crippen LogP contribution is -2.34. The summed E-state index contributed by atoms with van der Waals surface area (Å²) in [4.78, 5) is 16.2. The van der Waals surface area contributed by atoms with Gasteiger partial charge < -0.3 is 31.3 Å². The van der Waals surface area contributed by atoms with Gasteiger partial charge in [-0.15, -0.1) is 0 Å². The van der Waals surface area contributed by atoms with Gasteiger partial charge in [0, 0.05) is 12.1 Å². The molecule has 0 radical (unpaired) electrons. The number of nitrogens with two attached hydrogens (primary N) is 1. The van der Waals surface area contributed by atoms with Crippen molar-refractivity contribution in [3.63, 3.8) is 0 Å². The largest absolute Gasteiger partial charge is 0.507 e. The molecular weight excluding hydrogens is 420 g/mol. The van der Waals surface area contributed by atoms with Crippen LogP contribution in [0, 0.1) is 11.8 Å². The van der Waals surface area contributed by atoms with Gasteiger partial charge in [-0.3, -0.25) is 0 Å². The number of ether oxygens (including phenoxy) is 1. The highest BCUT2D eigenvalue weighted by molar-refractivity contribution is 5.76. The molecule has 4 rings (SSSR count). The van der Waals surface area contributed by atoms with Crippen molar-refractivity contribution in [2.75, 3.05) is 25.4 Å². The van der Waals surface area contributed by atoms with Crippen molar-refractivity contribution >= 4 is 11.9 Å². The molecule has 8 nitrogen and oxygen atoms in total. The van der Waals surface area contributed by atoms with Crippen molar-refractivity contribution < 1.29 is 19.7 Å². The molecular formula is C25H34N4O4. The standard InChI is InChI=1S/C25H34N4O4/c1-14(2)23(29-25(31)32)21-17(16-5-4-10-27-12-16)11-18(28-24(21)26)22-19(30)6-3-7-20(22)33-13-15-8-9-15/h3,6-7,11,14-16,23,27,29-30H,4-5,8-10,12-13H2,1-2H3,(H2,26,28)(H,31,32). The minimum atomic E-state index is -1.10. The number of carboxylic acid groups (broad SMARTS) is 1. The highest BCUT2D eigenvalue weighted by atomic mass is 16.5. The van der Waals surface area contributed by atoms with Crippen LogP contribution in [0.2, 0.25) is 0 Å². The van der Waals surface area contributed by atoms with Gasteiger partial charge in [-0.2, -0.15) is 0 Å². The summed E-state index contributed by atoms with van der Waals surface area (Å²) in [6.07, 6.45) is 3.22. The molecule has 1 aromatic heterocycles. The van der Waals surface area contributed by atoms with E-state index in [9.17, 15) is 15.0 Å². The van der Waals surface area contributed by atoms with E-state index in [1.54, 1.807) is 12.1 Å². The van der Waals surface area contributed by atoms with Gasteiger partial charge in [0.15, 0.2) is 0 Å². The first-order valence-corrected chi connectivity index (χ1v) is 11.8. The molecule has 2 aliphatic rings. The molecule has 2 heterocycles. The molecule has 1 aromatic carbocycles. The Morgan fingerprint density at radius 2 is 2.12 bits per heavy atom. The predicted molar refractivity (Wildman–Crippen MR) is 128 cm³/mol. The zero-order valence-electron chi connectivity index (χ0n) is 19.3. The summed E-state index contributed by atoms with van der Waals surface area (Å²) in [5.41, 5.74) is 9.28. The van der Waals surface area contributed by atoms with Crippen molar-refractivity contribution in [2.45, 2.75) is 51.5 Å². The topological polar surface area (TPSA) is 130 Å². The van der Waals surface area contributed by atoms with Crippen LogP contribution in [0.15, 0.2) is 24.3 Å². The quantitative estimate of drug-likeness (QED) is 0.403. The summed E-state index contributed by atoms with van der Waals surface area (Å²) in [5, 5.41) is 26.3. The van der Waals surface area contributed by atoms with E-state index in [1.807, 2.05) is 26.0 Å². The van der Waals surface area contributed by atoms with Crippen molar-refractivity contribution in [3.05, 3.63) is 35.4 Å². The molecule has 6 N–H and O–H groups in total. The van der Waals surface area contributed by atoms with Crippen LogP contribution >= 0.6 is 0 Å². The number of piperidine rings is 1. The van der Waals surface area contributed by atoms with Crippen LogP contribution in [0.5, 0.6) is 11.5 Å². The Bertz CT molecular complexity index is 1000. The Balaban J connectivity index is 1.83. The Labute approximate surface area is 194 Å². The number of nitrogens with zero attached hydrogens (tertiary/aromatic N) is 1. The molecule has 8 heteroatoms. The first-order chi connectivity index (χ1) is 15.8. The number of hydrogen-bond acceptors (Lipinski definition) is 6. The third-order valence-electron chi connectivity index (χ3n) is 6.55. The number of benzene rings is 1. The smallest absolute Gasteiger partial charge is 0.405 e. The molecule has 1 aliphatic carbocycles. The van der Waals surface area contributed by atoms with Gasteiger partial charge in [0.1, 0.15) is 17.3 Å². The molecule has 1 aliphatic heterocycles. The minimum Gasteiger partial charge on any atom is -0.507 e. The van der Waals surface area contributed by atoms with E-state index in [1.165, 1.54) is 12.8 Å². The highest BCUT2D eigenvalue weighted by Gasteiger charge is 2.30. The van der Waals surface area contributed by atoms with E-state index < -0.39 is 12.1 Å². The first kappa shape index (κ1) is 23.2. The van der Waals surface area contributed by atoms with Crippen LogP contribution in [0.25, 0.3) is 11.3 Å². The molecule has 2 fully saturated rings. The van der Waals surface area contributed by atoms with E-state index in [-0.39, 0.29) is 23.4 Å². The second-order valence-electron chi connectivity index (χ2n) is 9.51. The maximum atomic E-state index is 11.6. The number of phenols is 1. The van der Waals surface area contributed by atoms with Crippen LogP contribution in [-0.4, -0.2) is 41.0 Å². The fourth-order valence-electron chi connectivity index (χ4n) is 4.61. The number of anilines is 1. The maximum absolute atomic E-state index is 11.6. The molecule has 1 saturated carbocycles. The number of hydrogen-bond donors (Lipinski definition) is 5. The minimum absolute atomic E-state index is 0.0195. The van der Waals surface area contributed by atoms with Crippen LogP contribution in [0.4, 0.5) is 10.6 Å². The summed E-state index contributed by atoms with van der Waals surface area (Å²) in [5.74, 6) is 1.65. The molecule has 2 aromatic rings. The van der Waals surface area contributed by atoms with E-state index >= 15 is 0 Å². The monoisotopic (exact) mass is 454 g/mol. The predicted octanol–water partition coefficient (Wildman–Crippen LogP) is 4.26. The lowest BCUT2D eigenvalue weighted by Gasteiger charge is -2.31. The molecule has 33 heavy (non-hydrogen) atoms. The number of aromatic hydroxyl groups is 1. The van der Waals surface area contributed by atoms with E-state index in [0.29, 0.717) is 29.5 Å². The lowest BCUT2D eigenvalue weighted by atomic mass is 9.83. The number of carbonyl (C=O) groups is 1.